The molecule has 3 rings (SSSR count). The van der Waals surface area contributed by atoms with Gasteiger partial charge in [0.1, 0.15) is 6.33 Å². The van der Waals surface area contributed by atoms with Gasteiger partial charge in [-0.3, -0.25) is 0 Å². The van der Waals surface area contributed by atoms with Gasteiger partial charge in [-0.25, -0.2) is 4.98 Å². The van der Waals surface area contributed by atoms with E-state index in [1.54, 1.807) is 17.7 Å². The van der Waals surface area contributed by atoms with E-state index in [4.69, 9.17) is 4.98 Å². The Morgan fingerprint density at radius 2 is 2.15 bits per heavy atom. The van der Waals surface area contributed by atoms with Crippen molar-refractivity contribution in [2.75, 3.05) is 11.4 Å². The first-order valence-corrected chi connectivity index (χ1v) is 7.53. The highest BCUT2D eigenvalue weighted by atomic mass is 32.1. The van der Waals surface area contributed by atoms with Gasteiger partial charge >= 0.3 is 0 Å². The number of hydrogen-bond donors (Lipinski definition) is 1. The topological polar surface area (TPSA) is 67.1 Å². The SMILES string of the molecule is CC(C)(C)c1nc(N2CCn3cnnc3C2)sc1CO. The lowest BCUT2D eigenvalue weighted by Gasteiger charge is -2.26. The molecule has 1 N–H and O–H groups in total. The molecule has 0 saturated carbocycles. The molecular weight excluding hydrogens is 274 g/mol. The molecule has 0 amide bonds. The Balaban J connectivity index is 1.90. The Morgan fingerprint density at radius 3 is 2.80 bits per heavy atom. The van der Waals surface area contributed by atoms with Crippen LogP contribution in [0.25, 0.3) is 0 Å². The average molecular weight is 293 g/mol. The third-order valence-corrected chi connectivity index (χ3v) is 4.55. The summed E-state index contributed by atoms with van der Waals surface area (Å²) in [7, 11) is 0. The fraction of sp³-hybridized carbons (Fsp3) is 0.615. The lowest BCUT2D eigenvalue weighted by molar-refractivity contribution is 0.282. The maximum absolute atomic E-state index is 9.54. The molecule has 2 aromatic heterocycles. The number of rotatable bonds is 2. The molecule has 0 atom stereocenters. The first-order chi connectivity index (χ1) is 9.49. The smallest absolute Gasteiger partial charge is 0.186 e. The highest BCUT2D eigenvalue weighted by Gasteiger charge is 2.26. The van der Waals surface area contributed by atoms with E-state index in [9.17, 15) is 5.11 Å². The summed E-state index contributed by atoms with van der Waals surface area (Å²) in [6.07, 6.45) is 1.77. The first kappa shape index (κ1) is 13.5. The van der Waals surface area contributed by atoms with E-state index in [0.717, 1.165) is 41.2 Å². The molecule has 108 valence electrons. The fourth-order valence-corrected chi connectivity index (χ4v) is 3.55. The molecule has 7 heteroatoms. The van der Waals surface area contributed by atoms with Crippen molar-refractivity contribution in [2.24, 2.45) is 0 Å². The standard InChI is InChI=1S/C13H19N5OS/c1-13(2,3)11-9(7-19)20-12(15-11)17-4-5-18-8-14-16-10(18)6-17/h8,19H,4-7H2,1-3H3. The molecule has 1 aliphatic heterocycles. The van der Waals surface area contributed by atoms with E-state index in [1.807, 2.05) is 0 Å². The van der Waals surface area contributed by atoms with Crippen molar-refractivity contribution >= 4 is 16.5 Å². The zero-order chi connectivity index (χ0) is 14.3. The number of aliphatic hydroxyl groups is 1. The molecule has 3 heterocycles. The summed E-state index contributed by atoms with van der Waals surface area (Å²) in [6.45, 7) is 8.91. The first-order valence-electron chi connectivity index (χ1n) is 6.71. The number of hydrogen-bond acceptors (Lipinski definition) is 6. The molecule has 0 saturated heterocycles. The maximum atomic E-state index is 9.54. The van der Waals surface area contributed by atoms with Crippen molar-refractivity contribution in [3.63, 3.8) is 0 Å². The van der Waals surface area contributed by atoms with E-state index < -0.39 is 0 Å². The van der Waals surface area contributed by atoms with Crippen molar-refractivity contribution in [3.05, 3.63) is 22.7 Å². The Hall–Kier alpha value is -1.47. The Morgan fingerprint density at radius 1 is 1.35 bits per heavy atom. The largest absolute Gasteiger partial charge is 0.391 e. The van der Waals surface area contributed by atoms with Gasteiger partial charge in [0, 0.05) is 18.5 Å². The summed E-state index contributed by atoms with van der Waals surface area (Å²) in [5, 5.41) is 18.6. The number of nitrogens with zero attached hydrogens (tertiary/aromatic N) is 5. The lowest BCUT2D eigenvalue weighted by Crippen LogP contribution is -2.33. The summed E-state index contributed by atoms with van der Waals surface area (Å²) >= 11 is 1.58. The molecule has 0 aliphatic carbocycles. The normalized spacial score (nSPS) is 15.5. The van der Waals surface area contributed by atoms with Crippen LogP contribution in [0.1, 0.15) is 37.2 Å². The van der Waals surface area contributed by atoms with Crippen molar-refractivity contribution in [3.8, 4) is 0 Å². The molecule has 6 nitrogen and oxygen atoms in total. The second kappa shape index (κ2) is 4.82. The minimum absolute atomic E-state index is 0.0499. The van der Waals surface area contributed by atoms with Crippen LogP contribution in [0.2, 0.25) is 0 Å². The Bertz CT molecular complexity index is 613. The predicted molar refractivity (Wildman–Crippen MR) is 77.8 cm³/mol. The molecule has 0 fully saturated rings. The van der Waals surface area contributed by atoms with Gasteiger partial charge in [0.2, 0.25) is 0 Å². The summed E-state index contributed by atoms with van der Waals surface area (Å²) in [6, 6.07) is 0. The minimum Gasteiger partial charge on any atom is -0.391 e. The third kappa shape index (κ3) is 2.31. The van der Waals surface area contributed by atoms with E-state index in [-0.39, 0.29) is 12.0 Å². The number of aromatic nitrogens is 4. The van der Waals surface area contributed by atoms with Crippen LogP contribution in [0.5, 0.6) is 0 Å². The van der Waals surface area contributed by atoms with Gasteiger partial charge in [-0.2, -0.15) is 0 Å². The van der Waals surface area contributed by atoms with Crippen LogP contribution in [0.15, 0.2) is 6.33 Å². The Kier molecular flexibility index (Phi) is 3.25. The predicted octanol–water partition coefficient (Wildman–Crippen LogP) is 1.54. The summed E-state index contributed by atoms with van der Waals surface area (Å²) in [5.41, 5.74) is 0.940. The van der Waals surface area contributed by atoms with Crippen LogP contribution >= 0.6 is 11.3 Å². The summed E-state index contributed by atoms with van der Waals surface area (Å²) in [4.78, 5) is 7.93. The van der Waals surface area contributed by atoms with Crippen LogP contribution in [0, 0.1) is 0 Å². The van der Waals surface area contributed by atoms with Crippen molar-refractivity contribution in [1.29, 1.82) is 0 Å². The molecular formula is C13H19N5OS. The summed E-state index contributed by atoms with van der Waals surface area (Å²) in [5.74, 6) is 0.967. The maximum Gasteiger partial charge on any atom is 0.186 e. The van der Waals surface area contributed by atoms with E-state index in [2.05, 4.69) is 40.4 Å². The zero-order valence-electron chi connectivity index (χ0n) is 12.0. The quantitative estimate of drug-likeness (QED) is 0.910. The highest BCUT2D eigenvalue weighted by Crippen LogP contribution is 2.34. The molecule has 0 aromatic carbocycles. The molecule has 0 unspecified atom stereocenters. The lowest BCUT2D eigenvalue weighted by atomic mass is 9.91. The van der Waals surface area contributed by atoms with Crippen molar-refractivity contribution < 1.29 is 5.11 Å². The van der Waals surface area contributed by atoms with Gasteiger partial charge in [-0.05, 0) is 0 Å². The number of aliphatic hydroxyl groups excluding tert-OH is 1. The van der Waals surface area contributed by atoms with Gasteiger partial charge in [0.05, 0.1) is 23.7 Å². The van der Waals surface area contributed by atoms with Gasteiger partial charge in [-0.15, -0.1) is 10.2 Å². The molecule has 2 aromatic rings. The average Bonchev–Trinajstić information content (AvgIpc) is 3.03. The van der Waals surface area contributed by atoms with Crippen LogP contribution in [-0.4, -0.2) is 31.4 Å². The van der Waals surface area contributed by atoms with Gasteiger partial charge < -0.3 is 14.6 Å². The van der Waals surface area contributed by atoms with Crippen LogP contribution in [0.4, 0.5) is 5.13 Å². The number of fused-ring (bicyclic) bond motifs is 1. The van der Waals surface area contributed by atoms with Crippen molar-refractivity contribution in [1.82, 2.24) is 19.7 Å². The van der Waals surface area contributed by atoms with E-state index in [1.165, 1.54) is 0 Å². The molecule has 0 bridgehead atoms. The zero-order valence-corrected chi connectivity index (χ0v) is 12.8. The van der Waals surface area contributed by atoms with Gasteiger partial charge in [0.15, 0.2) is 11.0 Å². The molecule has 0 spiro atoms. The van der Waals surface area contributed by atoms with E-state index >= 15 is 0 Å². The molecule has 0 radical (unpaired) electrons. The Labute approximate surface area is 122 Å². The number of thiazole rings is 1. The second-order valence-corrected chi connectivity index (χ2v) is 7.10. The van der Waals surface area contributed by atoms with Crippen LogP contribution in [-0.2, 0) is 25.1 Å². The van der Waals surface area contributed by atoms with Gasteiger partial charge in [-0.1, -0.05) is 32.1 Å². The fourth-order valence-electron chi connectivity index (χ4n) is 2.40. The van der Waals surface area contributed by atoms with Crippen LogP contribution < -0.4 is 4.90 Å². The van der Waals surface area contributed by atoms with Crippen molar-refractivity contribution in [2.45, 2.75) is 45.9 Å². The third-order valence-electron chi connectivity index (χ3n) is 3.45. The monoisotopic (exact) mass is 293 g/mol. The molecule has 1 aliphatic rings. The van der Waals surface area contributed by atoms with E-state index in [0.29, 0.717) is 0 Å². The molecule has 20 heavy (non-hydrogen) atoms. The minimum atomic E-state index is -0.0530. The summed E-state index contributed by atoms with van der Waals surface area (Å²) < 4.78 is 2.07. The second-order valence-electron chi connectivity index (χ2n) is 6.04. The number of anilines is 1. The van der Waals surface area contributed by atoms with Gasteiger partial charge in [0.25, 0.3) is 0 Å². The van der Waals surface area contributed by atoms with Crippen LogP contribution in [0.3, 0.4) is 0 Å². The highest BCUT2D eigenvalue weighted by molar-refractivity contribution is 7.15.